The number of benzene rings is 1. The number of nitrogens with zero attached hydrogens (tertiary/aromatic N) is 1. The number of primary amides is 1. The predicted molar refractivity (Wildman–Crippen MR) is 146 cm³/mol. The Hall–Kier alpha value is -2.86. The van der Waals surface area contributed by atoms with Gasteiger partial charge in [0.1, 0.15) is 22.8 Å². The smallest absolute Gasteiger partial charge is 0.255 e. The minimum absolute atomic E-state index is 0.0105. The van der Waals surface area contributed by atoms with Crippen molar-refractivity contribution in [3.8, 4) is 5.75 Å². The Balaban J connectivity index is 2.09. The second-order valence-electron chi connectivity index (χ2n) is 10.8. The van der Waals surface area contributed by atoms with E-state index >= 15 is 0 Å². The van der Waals surface area contributed by atoms with Crippen LogP contribution in [0.4, 0.5) is 0 Å². The highest BCUT2D eigenvalue weighted by Gasteiger charge is 2.68. The molecule has 6 unspecified atom stereocenters. The molecule has 0 saturated heterocycles. The molecule has 3 aliphatic rings. The zero-order valence-corrected chi connectivity index (χ0v) is 23.5. The van der Waals surface area contributed by atoms with Gasteiger partial charge in [-0.15, -0.1) is 0 Å². The highest BCUT2D eigenvalue weighted by molar-refractivity contribution is 7.99. The number of rotatable bonds is 8. The van der Waals surface area contributed by atoms with E-state index in [2.05, 4.69) is 0 Å². The Morgan fingerprint density at radius 1 is 1.21 bits per heavy atom. The maximum absolute atomic E-state index is 14.0. The molecule has 10 nitrogen and oxygen atoms in total. The normalized spacial score (nSPS) is 30.5. The molecular formula is C28H36N2O8S. The van der Waals surface area contributed by atoms with E-state index in [0.717, 1.165) is 12.2 Å². The molecule has 6 atom stereocenters. The highest BCUT2D eigenvalue weighted by Crippen LogP contribution is 2.57. The number of Topliss-reactive ketones (excluding diaryl/α,β-unsaturated/α-hetero) is 2. The summed E-state index contributed by atoms with van der Waals surface area (Å²) < 4.78 is 6.39. The lowest BCUT2D eigenvalue weighted by Gasteiger charge is -2.55. The van der Waals surface area contributed by atoms with E-state index in [1.54, 1.807) is 51.8 Å². The monoisotopic (exact) mass is 560 g/mol. The van der Waals surface area contributed by atoms with E-state index in [9.17, 15) is 34.8 Å². The second kappa shape index (κ2) is 10.6. The van der Waals surface area contributed by atoms with Gasteiger partial charge in [-0.25, -0.2) is 0 Å². The summed E-state index contributed by atoms with van der Waals surface area (Å²) in [4.78, 5) is 41.5. The standard InChI is InChI=1S/C28H36N2O8S/c1-6-10-39-11-14-13-8-7-9-15(31)16(13)22(32)18-17(14)24(38-12(2)3)20-21(30(4)5)23(33)19(27(29)36)26(35)28(20,37)25(18)34/h7-9,12,14,17,20-21,24,31,33-34,37H,6,10-11H2,1-5H3,(H2,29,36). The van der Waals surface area contributed by atoms with Gasteiger partial charge in [-0.1, -0.05) is 19.1 Å². The van der Waals surface area contributed by atoms with Crippen molar-refractivity contribution in [2.45, 2.75) is 57.0 Å². The molecule has 1 amide bonds. The van der Waals surface area contributed by atoms with Crippen LogP contribution in [0, 0.1) is 11.8 Å². The second-order valence-corrected chi connectivity index (χ2v) is 12.0. The highest BCUT2D eigenvalue weighted by atomic mass is 32.2. The Morgan fingerprint density at radius 3 is 2.44 bits per heavy atom. The number of aliphatic hydroxyl groups is 3. The summed E-state index contributed by atoms with van der Waals surface area (Å²) in [5.41, 5.74) is 2.13. The number of aliphatic hydroxyl groups excluding tert-OH is 2. The van der Waals surface area contributed by atoms with Crippen molar-refractivity contribution in [1.29, 1.82) is 0 Å². The number of nitrogens with two attached hydrogens (primary N) is 1. The number of carbonyl (C=O) groups excluding carboxylic acids is 3. The minimum Gasteiger partial charge on any atom is -0.510 e. The van der Waals surface area contributed by atoms with E-state index in [1.807, 2.05) is 6.92 Å². The predicted octanol–water partition coefficient (Wildman–Crippen LogP) is 2.21. The molecule has 39 heavy (non-hydrogen) atoms. The summed E-state index contributed by atoms with van der Waals surface area (Å²) in [5.74, 6) is -6.39. The number of hydrogen-bond donors (Lipinski definition) is 5. The van der Waals surface area contributed by atoms with Gasteiger partial charge < -0.3 is 30.9 Å². The molecule has 0 aromatic heterocycles. The van der Waals surface area contributed by atoms with Crippen molar-refractivity contribution < 1.29 is 39.5 Å². The molecular weight excluding hydrogens is 524 g/mol. The molecule has 0 radical (unpaired) electrons. The minimum atomic E-state index is -2.80. The van der Waals surface area contributed by atoms with Gasteiger partial charge >= 0.3 is 0 Å². The van der Waals surface area contributed by atoms with Crippen molar-refractivity contribution in [2.75, 3.05) is 25.6 Å². The average molecular weight is 561 g/mol. The Kier molecular flexibility index (Phi) is 7.92. The first-order valence-electron chi connectivity index (χ1n) is 13.0. The Labute approximate surface area is 231 Å². The third-order valence-corrected chi connectivity index (χ3v) is 9.14. The fraction of sp³-hybridized carbons (Fsp3) is 0.536. The molecule has 6 N–H and O–H groups in total. The zero-order valence-electron chi connectivity index (χ0n) is 22.7. The lowest BCUT2D eigenvalue weighted by Crippen LogP contribution is -2.69. The van der Waals surface area contributed by atoms with E-state index in [0.29, 0.717) is 11.3 Å². The zero-order chi connectivity index (χ0) is 29.0. The van der Waals surface area contributed by atoms with Crippen LogP contribution in [0.1, 0.15) is 49.0 Å². The molecule has 1 aromatic rings. The molecule has 212 valence electrons. The molecule has 0 spiro atoms. The number of fused-ring (bicyclic) bond motifs is 3. The van der Waals surface area contributed by atoms with Gasteiger partial charge in [-0.2, -0.15) is 11.8 Å². The summed E-state index contributed by atoms with van der Waals surface area (Å²) in [6.07, 6.45) is -0.588. The summed E-state index contributed by atoms with van der Waals surface area (Å²) in [6.45, 7) is 5.57. The summed E-state index contributed by atoms with van der Waals surface area (Å²) >= 11 is 1.64. The van der Waals surface area contributed by atoms with Crippen LogP contribution in [0.3, 0.4) is 0 Å². The molecule has 1 aromatic carbocycles. The molecule has 0 fully saturated rings. The van der Waals surface area contributed by atoms with Gasteiger partial charge in [0.2, 0.25) is 5.78 Å². The first kappa shape index (κ1) is 29.1. The summed E-state index contributed by atoms with van der Waals surface area (Å²) in [6, 6.07) is 3.61. The van der Waals surface area contributed by atoms with E-state index in [4.69, 9.17) is 10.5 Å². The fourth-order valence-corrected chi connectivity index (χ4v) is 7.50. The fourth-order valence-electron chi connectivity index (χ4n) is 6.40. The van der Waals surface area contributed by atoms with Crippen LogP contribution in [0.25, 0.3) is 0 Å². The number of ether oxygens (including phenoxy) is 1. The Bertz CT molecular complexity index is 1270. The number of thioether (sulfide) groups is 1. The third kappa shape index (κ3) is 4.35. The van der Waals surface area contributed by atoms with Gasteiger partial charge in [-0.05, 0) is 51.7 Å². The third-order valence-electron chi connectivity index (χ3n) is 7.85. The first-order chi connectivity index (χ1) is 18.3. The summed E-state index contributed by atoms with van der Waals surface area (Å²) in [5, 5.41) is 45.7. The molecule has 11 heteroatoms. The van der Waals surface area contributed by atoms with Gasteiger partial charge in [-0.3, -0.25) is 19.3 Å². The number of hydrogen-bond acceptors (Lipinski definition) is 10. The maximum Gasteiger partial charge on any atom is 0.255 e. The lowest BCUT2D eigenvalue weighted by molar-refractivity contribution is -0.175. The molecule has 0 bridgehead atoms. The topological polar surface area (TPSA) is 171 Å². The summed E-state index contributed by atoms with van der Waals surface area (Å²) in [7, 11) is 3.18. The first-order valence-corrected chi connectivity index (χ1v) is 14.2. The van der Waals surface area contributed by atoms with E-state index in [1.165, 1.54) is 11.0 Å². The molecule has 3 aliphatic carbocycles. The van der Waals surface area contributed by atoms with Gasteiger partial charge in [0.25, 0.3) is 5.91 Å². The number of phenols is 1. The lowest BCUT2D eigenvalue weighted by atomic mass is 9.55. The van der Waals surface area contributed by atoms with Crippen LogP contribution in [-0.4, -0.2) is 92.3 Å². The number of aromatic hydroxyl groups is 1. The SMILES string of the molecule is CCCSCC1c2cccc(O)c2C(=O)C2=C(O)C3(O)C(=O)C(C(N)=O)=C(O)C(N(C)C)C3C(OC(C)C)C21. The van der Waals surface area contributed by atoms with Crippen molar-refractivity contribution >= 4 is 29.2 Å². The van der Waals surface area contributed by atoms with Crippen LogP contribution >= 0.6 is 11.8 Å². The molecule has 4 rings (SSSR count). The largest absolute Gasteiger partial charge is 0.510 e. The van der Waals surface area contributed by atoms with Crippen molar-refractivity contribution in [1.82, 2.24) is 4.90 Å². The number of carbonyl (C=O) groups is 3. The van der Waals surface area contributed by atoms with Gasteiger partial charge in [0.05, 0.1) is 29.7 Å². The average Bonchev–Trinajstić information content (AvgIpc) is 2.84. The van der Waals surface area contributed by atoms with Crippen LogP contribution in [0.2, 0.25) is 0 Å². The molecule has 0 saturated carbocycles. The van der Waals surface area contributed by atoms with Crippen LogP contribution in [0.15, 0.2) is 40.9 Å². The van der Waals surface area contributed by atoms with E-state index < -0.39 is 76.2 Å². The van der Waals surface area contributed by atoms with Crippen LogP contribution in [0.5, 0.6) is 5.75 Å². The van der Waals surface area contributed by atoms with Crippen LogP contribution in [-0.2, 0) is 14.3 Å². The van der Waals surface area contributed by atoms with E-state index in [-0.39, 0.29) is 16.9 Å². The number of phenolic OH excluding ortho intramolecular Hbond substituents is 1. The van der Waals surface area contributed by atoms with Crippen LogP contribution < -0.4 is 5.73 Å². The number of likely N-dealkylation sites (N-methyl/N-ethyl adjacent to an activating group) is 1. The quantitative estimate of drug-likeness (QED) is 0.235. The van der Waals surface area contributed by atoms with Crippen molar-refractivity contribution in [3.05, 3.63) is 52.0 Å². The molecule has 0 heterocycles. The maximum atomic E-state index is 14.0. The van der Waals surface area contributed by atoms with Gasteiger partial charge in [0.15, 0.2) is 11.4 Å². The van der Waals surface area contributed by atoms with Crippen molar-refractivity contribution in [3.63, 3.8) is 0 Å². The number of amides is 1. The van der Waals surface area contributed by atoms with Gasteiger partial charge in [0, 0.05) is 23.2 Å². The Morgan fingerprint density at radius 2 is 1.87 bits per heavy atom. The molecule has 0 aliphatic heterocycles. The number of ketones is 2. The van der Waals surface area contributed by atoms with Crippen molar-refractivity contribution in [2.24, 2.45) is 17.6 Å².